The zero-order chi connectivity index (χ0) is 21.5. The summed E-state index contributed by atoms with van der Waals surface area (Å²) in [5, 5.41) is 3.37. The van der Waals surface area contributed by atoms with Gasteiger partial charge >= 0.3 is 5.97 Å². The van der Waals surface area contributed by atoms with Gasteiger partial charge in [0.05, 0.1) is 11.7 Å². The molecular formula is C24H28BrNO4. The summed E-state index contributed by atoms with van der Waals surface area (Å²) < 4.78 is 12.2. The van der Waals surface area contributed by atoms with Crippen LogP contribution in [-0.4, -0.2) is 31.1 Å². The molecule has 2 aliphatic heterocycles. The van der Waals surface area contributed by atoms with Crippen molar-refractivity contribution in [2.24, 2.45) is 5.41 Å². The van der Waals surface area contributed by atoms with Crippen LogP contribution in [0.2, 0.25) is 0 Å². The molecule has 2 heterocycles. The molecule has 0 amide bonds. The van der Waals surface area contributed by atoms with Gasteiger partial charge < -0.3 is 14.8 Å². The minimum absolute atomic E-state index is 0.0376. The lowest BCUT2D eigenvalue weighted by Gasteiger charge is -2.39. The third-order valence-corrected chi connectivity index (χ3v) is 6.62. The topological polar surface area (TPSA) is 64.6 Å². The van der Waals surface area contributed by atoms with Crippen LogP contribution in [0, 0.1) is 5.41 Å². The highest BCUT2D eigenvalue weighted by Crippen LogP contribution is 2.46. The molecule has 1 aromatic carbocycles. The Morgan fingerprint density at radius 2 is 2.00 bits per heavy atom. The number of hydrogen-bond donors (Lipinski definition) is 1. The first-order valence-electron chi connectivity index (χ1n) is 10.5. The van der Waals surface area contributed by atoms with E-state index in [0.29, 0.717) is 24.2 Å². The molecule has 1 aromatic rings. The lowest BCUT2D eigenvalue weighted by Crippen LogP contribution is -2.39. The highest BCUT2D eigenvalue weighted by molar-refractivity contribution is 9.10. The molecule has 30 heavy (non-hydrogen) atoms. The molecule has 1 saturated heterocycles. The van der Waals surface area contributed by atoms with Crippen molar-refractivity contribution in [1.82, 2.24) is 5.32 Å². The number of nitrogens with one attached hydrogen (secondary N) is 1. The van der Waals surface area contributed by atoms with Crippen molar-refractivity contribution in [3.63, 3.8) is 0 Å². The standard InChI is InChI=1S/C24H28BrNO4/c1-14-20(23(28)30-13-17-5-4-10-29-17)21(15-6-8-16(25)9-7-15)22-18(26-14)11-24(2,3)12-19(22)27/h6-9,17,21,26H,4-5,10-13H2,1-3H3. The second kappa shape index (κ2) is 8.31. The number of carbonyl (C=O) groups is 2. The number of ether oxygens (including phenoxy) is 2. The number of allylic oxidation sites excluding steroid dienone is 3. The van der Waals surface area contributed by atoms with Crippen molar-refractivity contribution >= 4 is 27.7 Å². The Morgan fingerprint density at radius 3 is 2.67 bits per heavy atom. The summed E-state index contributed by atoms with van der Waals surface area (Å²) in [6.07, 6.45) is 3.11. The van der Waals surface area contributed by atoms with Crippen LogP contribution in [0.4, 0.5) is 0 Å². The third kappa shape index (κ3) is 4.26. The molecule has 2 atom stereocenters. The normalized spacial score (nSPS) is 25.8. The summed E-state index contributed by atoms with van der Waals surface area (Å²) >= 11 is 3.47. The first-order valence-corrected chi connectivity index (χ1v) is 11.3. The average molecular weight is 474 g/mol. The number of benzene rings is 1. The number of hydrogen-bond acceptors (Lipinski definition) is 5. The number of Topliss-reactive ketones (excluding diaryl/α,β-unsaturated/α-hetero) is 1. The Balaban J connectivity index is 1.71. The Morgan fingerprint density at radius 1 is 1.27 bits per heavy atom. The molecule has 1 N–H and O–H groups in total. The van der Waals surface area contributed by atoms with E-state index >= 15 is 0 Å². The van der Waals surface area contributed by atoms with Gasteiger partial charge in [-0.1, -0.05) is 41.9 Å². The maximum Gasteiger partial charge on any atom is 0.336 e. The number of carbonyl (C=O) groups excluding carboxylic acids is 2. The van der Waals surface area contributed by atoms with Crippen molar-refractivity contribution in [3.8, 4) is 0 Å². The molecule has 1 aliphatic carbocycles. The molecule has 0 spiro atoms. The van der Waals surface area contributed by atoms with Gasteiger partial charge in [-0.2, -0.15) is 0 Å². The zero-order valence-corrected chi connectivity index (χ0v) is 19.3. The number of esters is 1. The minimum atomic E-state index is -0.421. The summed E-state index contributed by atoms with van der Waals surface area (Å²) in [5.74, 6) is -0.707. The van der Waals surface area contributed by atoms with Crippen LogP contribution in [0.15, 0.2) is 51.3 Å². The van der Waals surface area contributed by atoms with Gasteiger partial charge in [0.15, 0.2) is 5.78 Å². The lowest BCUT2D eigenvalue weighted by atomic mass is 9.68. The number of dihydropyridines is 1. The SMILES string of the molecule is CC1=C(C(=O)OCC2CCCO2)C(c2ccc(Br)cc2)C2=C(CC(C)(C)CC2=O)N1. The van der Waals surface area contributed by atoms with Crippen LogP contribution in [0.3, 0.4) is 0 Å². The molecule has 2 unspecified atom stereocenters. The molecule has 5 nitrogen and oxygen atoms in total. The largest absolute Gasteiger partial charge is 0.459 e. The van der Waals surface area contributed by atoms with Gasteiger partial charge in [0.25, 0.3) is 0 Å². The van der Waals surface area contributed by atoms with Gasteiger partial charge in [-0.15, -0.1) is 0 Å². The fourth-order valence-electron chi connectivity index (χ4n) is 4.72. The second-order valence-electron chi connectivity index (χ2n) is 9.21. The lowest BCUT2D eigenvalue weighted by molar-refractivity contribution is -0.142. The summed E-state index contributed by atoms with van der Waals surface area (Å²) in [6, 6.07) is 7.83. The van der Waals surface area contributed by atoms with Crippen molar-refractivity contribution in [2.45, 2.75) is 58.5 Å². The van der Waals surface area contributed by atoms with Gasteiger partial charge in [-0.05, 0) is 49.3 Å². The number of halogens is 1. The Hall–Kier alpha value is -1.92. The van der Waals surface area contributed by atoms with Gasteiger partial charge in [0.2, 0.25) is 0 Å². The van der Waals surface area contributed by atoms with E-state index in [1.54, 1.807) is 0 Å². The molecule has 0 radical (unpaired) electrons. The van der Waals surface area contributed by atoms with E-state index in [1.165, 1.54) is 0 Å². The average Bonchev–Trinajstić information content (AvgIpc) is 3.18. The van der Waals surface area contributed by atoms with Crippen LogP contribution < -0.4 is 5.32 Å². The van der Waals surface area contributed by atoms with Crippen LogP contribution >= 0.6 is 15.9 Å². The van der Waals surface area contributed by atoms with Gasteiger partial charge in [-0.25, -0.2) is 4.79 Å². The van der Waals surface area contributed by atoms with E-state index in [0.717, 1.165) is 40.7 Å². The highest BCUT2D eigenvalue weighted by atomic mass is 79.9. The van der Waals surface area contributed by atoms with Crippen LogP contribution in [-0.2, 0) is 19.1 Å². The summed E-state index contributed by atoms with van der Waals surface area (Å²) in [7, 11) is 0. The molecule has 3 aliphatic rings. The maximum absolute atomic E-state index is 13.2. The van der Waals surface area contributed by atoms with E-state index in [2.05, 4.69) is 35.1 Å². The number of rotatable bonds is 4. The molecule has 4 rings (SSSR count). The van der Waals surface area contributed by atoms with E-state index in [-0.39, 0.29) is 29.9 Å². The summed E-state index contributed by atoms with van der Waals surface area (Å²) in [6.45, 7) is 7.07. The Kier molecular flexibility index (Phi) is 5.90. The van der Waals surface area contributed by atoms with E-state index in [4.69, 9.17) is 9.47 Å². The monoisotopic (exact) mass is 473 g/mol. The Bertz CT molecular complexity index is 923. The first-order chi connectivity index (χ1) is 14.2. The summed E-state index contributed by atoms with van der Waals surface area (Å²) in [5.41, 5.74) is 3.71. The fourth-order valence-corrected chi connectivity index (χ4v) is 4.98. The highest BCUT2D eigenvalue weighted by Gasteiger charge is 2.43. The van der Waals surface area contributed by atoms with E-state index in [1.807, 2.05) is 31.2 Å². The van der Waals surface area contributed by atoms with Gasteiger partial charge in [-0.3, -0.25) is 4.79 Å². The van der Waals surface area contributed by atoms with E-state index in [9.17, 15) is 9.59 Å². The van der Waals surface area contributed by atoms with Gasteiger partial charge in [0, 0.05) is 40.4 Å². The van der Waals surface area contributed by atoms with Crippen LogP contribution in [0.5, 0.6) is 0 Å². The molecule has 6 heteroatoms. The molecule has 0 saturated carbocycles. The van der Waals surface area contributed by atoms with Crippen molar-refractivity contribution in [1.29, 1.82) is 0 Å². The fraction of sp³-hybridized carbons (Fsp3) is 0.500. The van der Waals surface area contributed by atoms with Crippen molar-refractivity contribution < 1.29 is 19.1 Å². The molecule has 160 valence electrons. The first kappa shape index (κ1) is 21.3. The molecule has 0 aromatic heterocycles. The number of ketones is 1. The summed E-state index contributed by atoms with van der Waals surface area (Å²) in [4.78, 5) is 26.4. The van der Waals surface area contributed by atoms with Crippen molar-refractivity contribution in [2.75, 3.05) is 13.2 Å². The predicted molar refractivity (Wildman–Crippen MR) is 118 cm³/mol. The molecule has 1 fully saturated rings. The van der Waals surface area contributed by atoms with Gasteiger partial charge in [0.1, 0.15) is 6.61 Å². The quantitative estimate of drug-likeness (QED) is 0.637. The van der Waals surface area contributed by atoms with Crippen LogP contribution in [0.25, 0.3) is 0 Å². The van der Waals surface area contributed by atoms with Crippen molar-refractivity contribution in [3.05, 3.63) is 56.8 Å². The smallest absolute Gasteiger partial charge is 0.336 e. The predicted octanol–water partition coefficient (Wildman–Crippen LogP) is 4.78. The minimum Gasteiger partial charge on any atom is -0.459 e. The van der Waals surface area contributed by atoms with E-state index < -0.39 is 5.92 Å². The molecular weight excluding hydrogens is 446 g/mol. The maximum atomic E-state index is 13.2. The zero-order valence-electron chi connectivity index (χ0n) is 17.7. The van der Waals surface area contributed by atoms with Crippen LogP contribution in [0.1, 0.15) is 57.9 Å². The third-order valence-electron chi connectivity index (χ3n) is 6.09. The second-order valence-corrected chi connectivity index (χ2v) is 10.1. The molecule has 0 bridgehead atoms. The Labute approximate surface area is 186 Å².